The molecule has 4 nitrogen and oxygen atoms in total. The summed E-state index contributed by atoms with van der Waals surface area (Å²) in [6.07, 6.45) is 3.91. The number of rotatable bonds is 5. The van der Waals surface area contributed by atoms with E-state index in [0.717, 1.165) is 32.0 Å². The van der Waals surface area contributed by atoms with Crippen LogP contribution in [0.4, 0.5) is 0 Å². The molecule has 2 aromatic carbocycles. The molecule has 1 atom stereocenters. The third-order valence-electron chi connectivity index (χ3n) is 4.80. The van der Waals surface area contributed by atoms with E-state index < -0.39 is 0 Å². The number of nitrogens with one attached hydrogen (secondary N) is 1. The van der Waals surface area contributed by atoms with Crippen LogP contribution in [0.15, 0.2) is 76.8 Å². The number of nitrogens with zero attached hydrogens (tertiary/aromatic N) is 3. The van der Waals surface area contributed by atoms with Gasteiger partial charge >= 0.3 is 0 Å². The monoisotopic (exact) mass is 364 g/mol. The third-order valence-corrected chi connectivity index (χ3v) is 5.81. The normalized spacial score (nSPS) is 18.1. The minimum Gasteiger partial charge on any atom is -0.337 e. The summed E-state index contributed by atoms with van der Waals surface area (Å²) in [6, 6.07) is 19.8. The van der Waals surface area contributed by atoms with Crippen LogP contribution in [0, 0.1) is 0 Å². The number of imidazole rings is 1. The molecule has 26 heavy (non-hydrogen) atoms. The molecule has 1 fully saturated rings. The highest BCUT2D eigenvalue weighted by atomic mass is 32.2. The molecule has 2 heterocycles. The summed E-state index contributed by atoms with van der Waals surface area (Å²) in [6.45, 7) is 3.98. The van der Waals surface area contributed by atoms with Gasteiger partial charge in [-0.2, -0.15) is 0 Å². The first-order valence-electron chi connectivity index (χ1n) is 9.03. The van der Waals surface area contributed by atoms with Gasteiger partial charge in [-0.1, -0.05) is 42.1 Å². The van der Waals surface area contributed by atoms with Crippen LogP contribution < -0.4 is 5.32 Å². The minimum absolute atomic E-state index is 0.321. The van der Waals surface area contributed by atoms with E-state index in [-0.39, 0.29) is 0 Å². The van der Waals surface area contributed by atoms with E-state index in [4.69, 9.17) is 0 Å². The summed E-state index contributed by atoms with van der Waals surface area (Å²) in [5, 5.41) is 3.50. The van der Waals surface area contributed by atoms with Crippen molar-refractivity contribution >= 4 is 11.8 Å². The molecule has 134 valence electrons. The van der Waals surface area contributed by atoms with Gasteiger partial charge < -0.3 is 9.88 Å². The van der Waals surface area contributed by atoms with Crippen LogP contribution in [0.2, 0.25) is 0 Å². The fourth-order valence-corrected chi connectivity index (χ4v) is 4.25. The molecule has 1 N–H and O–H groups in total. The lowest BCUT2D eigenvalue weighted by atomic mass is 10.1. The van der Waals surface area contributed by atoms with Gasteiger partial charge in [0.2, 0.25) is 0 Å². The van der Waals surface area contributed by atoms with Crippen LogP contribution in [0.3, 0.4) is 0 Å². The average Bonchev–Trinajstić information content (AvgIpc) is 3.10. The number of benzene rings is 2. The molecule has 0 spiro atoms. The topological polar surface area (TPSA) is 33.1 Å². The van der Waals surface area contributed by atoms with Crippen molar-refractivity contribution in [2.45, 2.75) is 22.4 Å². The highest BCUT2D eigenvalue weighted by molar-refractivity contribution is 7.99. The van der Waals surface area contributed by atoms with Gasteiger partial charge in [0.05, 0.1) is 6.04 Å². The molecule has 3 aromatic rings. The number of hydrogen-bond donors (Lipinski definition) is 1. The van der Waals surface area contributed by atoms with Crippen molar-refractivity contribution in [3.63, 3.8) is 0 Å². The average molecular weight is 365 g/mol. The van der Waals surface area contributed by atoms with Crippen molar-refractivity contribution in [3.05, 3.63) is 78.4 Å². The molecule has 0 radical (unpaired) electrons. The molecule has 0 bridgehead atoms. The van der Waals surface area contributed by atoms with E-state index in [9.17, 15) is 0 Å². The Morgan fingerprint density at radius 2 is 1.85 bits per heavy atom. The van der Waals surface area contributed by atoms with E-state index in [2.05, 4.69) is 81.4 Å². The lowest BCUT2D eigenvalue weighted by Gasteiger charge is -2.35. The lowest BCUT2D eigenvalue weighted by Crippen LogP contribution is -2.46. The zero-order valence-electron chi connectivity index (χ0n) is 15.0. The second-order valence-electron chi connectivity index (χ2n) is 6.65. The molecule has 1 unspecified atom stereocenters. The summed E-state index contributed by atoms with van der Waals surface area (Å²) in [5.41, 5.74) is 1.35. The second kappa shape index (κ2) is 8.08. The van der Waals surface area contributed by atoms with E-state index in [1.165, 1.54) is 15.4 Å². The number of piperazine rings is 1. The van der Waals surface area contributed by atoms with Gasteiger partial charge in [0.15, 0.2) is 0 Å². The van der Waals surface area contributed by atoms with Gasteiger partial charge in [0, 0.05) is 55.4 Å². The van der Waals surface area contributed by atoms with Crippen LogP contribution in [-0.4, -0.2) is 34.1 Å². The first-order chi connectivity index (χ1) is 12.8. The Morgan fingerprint density at radius 3 is 2.58 bits per heavy atom. The summed E-state index contributed by atoms with van der Waals surface area (Å²) >= 11 is 1.81. The van der Waals surface area contributed by atoms with Gasteiger partial charge in [0.25, 0.3) is 0 Å². The Hall–Kier alpha value is -2.08. The molecule has 5 heteroatoms. The van der Waals surface area contributed by atoms with Crippen LogP contribution in [0.1, 0.15) is 17.4 Å². The molecule has 1 aromatic heterocycles. The van der Waals surface area contributed by atoms with Gasteiger partial charge in [-0.25, -0.2) is 4.98 Å². The van der Waals surface area contributed by atoms with Crippen molar-refractivity contribution in [1.29, 1.82) is 0 Å². The van der Waals surface area contributed by atoms with E-state index in [1.54, 1.807) is 11.8 Å². The van der Waals surface area contributed by atoms with Gasteiger partial charge in [-0.05, 0) is 29.8 Å². The highest BCUT2D eigenvalue weighted by Gasteiger charge is 2.26. The Morgan fingerprint density at radius 1 is 1.08 bits per heavy atom. The van der Waals surface area contributed by atoms with Crippen LogP contribution in [-0.2, 0) is 13.6 Å². The van der Waals surface area contributed by atoms with Crippen molar-refractivity contribution in [1.82, 2.24) is 19.8 Å². The van der Waals surface area contributed by atoms with Crippen molar-refractivity contribution in [2.75, 3.05) is 19.6 Å². The van der Waals surface area contributed by atoms with Crippen LogP contribution in [0.5, 0.6) is 0 Å². The number of aryl methyl sites for hydroxylation is 1. The van der Waals surface area contributed by atoms with Crippen molar-refractivity contribution in [2.24, 2.45) is 7.05 Å². The standard InChI is InChI=1S/C21H24N4S/c1-24-13-12-23-21(24)20-15-22-11-14-25(20)16-17-7-9-19(10-8-17)26-18-5-3-2-4-6-18/h2-10,12-13,20,22H,11,14-16H2,1H3. The maximum absolute atomic E-state index is 4.57. The van der Waals surface area contributed by atoms with Crippen molar-refractivity contribution < 1.29 is 0 Å². The second-order valence-corrected chi connectivity index (χ2v) is 7.79. The Labute approximate surface area is 159 Å². The van der Waals surface area contributed by atoms with E-state index in [0.29, 0.717) is 6.04 Å². The smallest absolute Gasteiger partial charge is 0.127 e. The van der Waals surface area contributed by atoms with E-state index in [1.807, 2.05) is 12.4 Å². The third kappa shape index (κ3) is 4.01. The number of hydrogen-bond acceptors (Lipinski definition) is 4. The first kappa shape index (κ1) is 17.3. The molecular weight excluding hydrogens is 340 g/mol. The molecule has 0 aliphatic carbocycles. The molecule has 0 amide bonds. The van der Waals surface area contributed by atoms with Gasteiger partial charge in [-0.3, -0.25) is 4.90 Å². The van der Waals surface area contributed by atoms with Crippen LogP contribution in [0.25, 0.3) is 0 Å². The minimum atomic E-state index is 0.321. The fourth-order valence-electron chi connectivity index (χ4n) is 3.41. The van der Waals surface area contributed by atoms with Gasteiger partial charge in [0.1, 0.15) is 5.82 Å². The van der Waals surface area contributed by atoms with Crippen LogP contribution >= 0.6 is 11.8 Å². The molecule has 4 rings (SSSR count). The predicted molar refractivity (Wildman–Crippen MR) is 106 cm³/mol. The first-order valence-corrected chi connectivity index (χ1v) is 9.85. The zero-order chi connectivity index (χ0) is 17.8. The molecule has 0 saturated carbocycles. The maximum Gasteiger partial charge on any atom is 0.127 e. The molecule has 1 aliphatic rings. The molecule has 1 aliphatic heterocycles. The summed E-state index contributed by atoms with van der Waals surface area (Å²) in [7, 11) is 2.07. The fraction of sp³-hybridized carbons (Fsp3) is 0.286. The quantitative estimate of drug-likeness (QED) is 0.748. The number of aromatic nitrogens is 2. The molecular formula is C21H24N4S. The SMILES string of the molecule is Cn1ccnc1C1CNCCN1Cc1ccc(Sc2ccccc2)cc1. The maximum atomic E-state index is 4.57. The van der Waals surface area contributed by atoms with Gasteiger partial charge in [-0.15, -0.1) is 0 Å². The van der Waals surface area contributed by atoms with Crippen molar-refractivity contribution in [3.8, 4) is 0 Å². The predicted octanol–water partition coefficient (Wildman–Crippen LogP) is 3.72. The zero-order valence-corrected chi connectivity index (χ0v) is 15.8. The molecule has 1 saturated heterocycles. The Bertz CT molecular complexity index is 829. The lowest BCUT2D eigenvalue weighted by molar-refractivity contribution is 0.144. The Balaban J connectivity index is 1.45. The summed E-state index contributed by atoms with van der Waals surface area (Å²) in [5.74, 6) is 1.13. The highest BCUT2D eigenvalue weighted by Crippen LogP contribution is 2.28. The summed E-state index contributed by atoms with van der Waals surface area (Å²) in [4.78, 5) is 9.65. The summed E-state index contributed by atoms with van der Waals surface area (Å²) < 4.78 is 2.13. The largest absolute Gasteiger partial charge is 0.337 e. The Kier molecular flexibility index (Phi) is 5.39. The van der Waals surface area contributed by atoms with E-state index >= 15 is 0 Å².